The normalized spacial score (nSPS) is 16.1. The molecule has 0 aliphatic heterocycles. The molecule has 2 amide bonds. The highest BCUT2D eigenvalue weighted by molar-refractivity contribution is 6.42. The second-order valence-corrected chi connectivity index (χ2v) is 7.50. The van der Waals surface area contributed by atoms with Gasteiger partial charge in [0.25, 0.3) is 0 Å². The quantitative estimate of drug-likeness (QED) is 0.662. The molecule has 1 N–H and O–H groups in total. The average Bonchev–Trinajstić information content (AvgIpc) is 2.66. The predicted octanol–water partition coefficient (Wildman–Crippen LogP) is 6.32. The van der Waals surface area contributed by atoms with E-state index in [0.29, 0.717) is 15.7 Å². The van der Waals surface area contributed by atoms with Crippen LogP contribution in [0.4, 0.5) is 10.5 Å². The topological polar surface area (TPSA) is 45.2 Å². The molecule has 1 aliphatic carbocycles. The molecule has 4 nitrogen and oxygen atoms in total. The van der Waals surface area contributed by atoms with Gasteiger partial charge in [-0.1, -0.05) is 48.5 Å². The summed E-state index contributed by atoms with van der Waals surface area (Å²) in [4.78, 5) is 19.5. The first kappa shape index (κ1) is 19.0. The minimum Gasteiger partial charge on any atom is -0.313 e. The molecule has 1 saturated carbocycles. The molecule has 1 aromatic carbocycles. The van der Waals surface area contributed by atoms with E-state index in [2.05, 4.69) is 10.3 Å². The Morgan fingerprint density at radius 1 is 1.15 bits per heavy atom. The standard InChI is InChI=1S/C20H23Cl2N3O/c1-14(19-9-5-6-12-23-19)25(16-7-3-2-4-8-16)20(26)24-15-10-11-17(21)18(22)13-15/h5-6,9-14,16H,2-4,7-8H2,1H3,(H,24,26)/t14-/m0/s1. The van der Waals surface area contributed by atoms with Crippen molar-refractivity contribution in [3.63, 3.8) is 0 Å². The number of rotatable bonds is 4. The number of benzene rings is 1. The molecule has 0 unspecified atom stereocenters. The van der Waals surface area contributed by atoms with Crippen molar-refractivity contribution >= 4 is 34.9 Å². The third-order valence-electron chi connectivity index (χ3n) is 4.91. The van der Waals surface area contributed by atoms with Gasteiger partial charge in [-0.2, -0.15) is 0 Å². The van der Waals surface area contributed by atoms with E-state index in [9.17, 15) is 4.79 Å². The number of aromatic nitrogens is 1. The third-order valence-corrected chi connectivity index (χ3v) is 5.65. The first-order valence-corrected chi connectivity index (χ1v) is 9.77. The molecule has 26 heavy (non-hydrogen) atoms. The Kier molecular flexibility index (Phi) is 6.38. The van der Waals surface area contributed by atoms with E-state index in [1.54, 1.807) is 24.4 Å². The van der Waals surface area contributed by atoms with Gasteiger partial charge in [0.1, 0.15) is 0 Å². The summed E-state index contributed by atoms with van der Waals surface area (Å²) >= 11 is 12.0. The number of amides is 2. The molecule has 0 saturated heterocycles. The molecular formula is C20H23Cl2N3O. The zero-order chi connectivity index (χ0) is 18.5. The van der Waals surface area contributed by atoms with E-state index in [1.807, 2.05) is 30.0 Å². The van der Waals surface area contributed by atoms with E-state index in [1.165, 1.54) is 6.42 Å². The van der Waals surface area contributed by atoms with Crippen molar-refractivity contribution in [3.8, 4) is 0 Å². The molecule has 1 aliphatic rings. The SMILES string of the molecule is C[C@@H](c1ccccn1)N(C(=O)Nc1ccc(Cl)c(Cl)c1)C1CCCCC1. The number of pyridine rings is 1. The number of halogens is 2. The summed E-state index contributed by atoms with van der Waals surface area (Å²) in [6.07, 6.45) is 7.34. The Labute approximate surface area is 164 Å². The van der Waals surface area contributed by atoms with Crippen molar-refractivity contribution < 1.29 is 4.79 Å². The van der Waals surface area contributed by atoms with Gasteiger partial charge in [0.05, 0.1) is 21.8 Å². The van der Waals surface area contributed by atoms with Gasteiger partial charge in [-0.15, -0.1) is 0 Å². The lowest BCUT2D eigenvalue weighted by molar-refractivity contribution is 0.138. The van der Waals surface area contributed by atoms with Crippen molar-refractivity contribution in [1.29, 1.82) is 0 Å². The summed E-state index contributed by atoms with van der Waals surface area (Å²) in [5, 5.41) is 3.86. The molecule has 1 heterocycles. The van der Waals surface area contributed by atoms with Crippen molar-refractivity contribution in [2.45, 2.75) is 51.1 Å². The maximum atomic E-state index is 13.1. The summed E-state index contributed by atoms with van der Waals surface area (Å²) in [5.41, 5.74) is 1.53. The molecule has 3 rings (SSSR count). The van der Waals surface area contributed by atoms with Gasteiger partial charge in [-0.25, -0.2) is 4.79 Å². The Morgan fingerprint density at radius 3 is 2.58 bits per heavy atom. The lowest BCUT2D eigenvalue weighted by Crippen LogP contribution is -2.45. The maximum absolute atomic E-state index is 13.1. The van der Waals surface area contributed by atoms with Crippen LogP contribution in [0.5, 0.6) is 0 Å². The fourth-order valence-electron chi connectivity index (χ4n) is 3.54. The van der Waals surface area contributed by atoms with Crippen LogP contribution >= 0.6 is 23.2 Å². The molecular weight excluding hydrogens is 369 g/mol. The number of nitrogens with one attached hydrogen (secondary N) is 1. The van der Waals surface area contributed by atoms with E-state index >= 15 is 0 Å². The van der Waals surface area contributed by atoms with Crippen molar-refractivity contribution in [3.05, 3.63) is 58.3 Å². The molecule has 0 spiro atoms. The van der Waals surface area contributed by atoms with Crippen molar-refractivity contribution in [1.82, 2.24) is 9.88 Å². The molecule has 0 bridgehead atoms. The Hall–Kier alpha value is -1.78. The zero-order valence-corrected chi connectivity index (χ0v) is 16.3. The monoisotopic (exact) mass is 391 g/mol. The Balaban J connectivity index is 1.83. The van der Waals surface area contributed by atoms with Crippen LogP contribution < -0.4 is 5.32 Å². The minimum atomic E-state index is -0.131. The van der Waals surface area contributed by atoms with Gasteiger partial charge in [0, 0.05) is 17.9 Å². The fraction of sp³-hybridized carbons (Fsp3) is 0.400. The number of carbonyl (C=O) groups is 1. The minimum absolute atomic E-state index is 0.109. The molecule has 1 atom stereocenters. The van der Waals surface area contributed by atoms with E-state index in [-0.39, 0.29) is 18.1 Å². The van der Waals surface area contributed by atoms with Crippen LogP contribution in [0.15, 0.2) is 42.6 Å². The summed E-state index contributed by atoms with van der Waals surface area (Å²) in [6.45, 7) is 2.03. The average molecular weight is 392 g/mol. The fourth-order valence-corrected chi connectivity index (χ4v) is 3.84. The smallest absolute Gasteiger partial charge is 0.313 e. The van der Waals surface area contributed by atoms with Crippen LogP contribution in [-0.4, -0.2) is 22.0 Å². The number of hydrogen-bond acceptors (Lipinski definition) is 2. The highest BCUT2D eigenvalue weighted by Gasteiger charge is 2.31. The lowest BCUT2D eigenvalue weighted by Gasteiger charge is -2.38. The van der Waals surface area contributed by atoms with Crippen LogP contribution in [-0.2, 0) is 0 Å². The van der Waals surface area contributed by atoms with Crippen molar-refractivity contribution in [2.24, 2.45) is 0 Å². The molecule has 6 heteroatoms. The number of anilines is 1. The van der Waals surface area contributed by atoms with E-state index in [0.717, 1.165) is 31.4 Å². The Bertz CT molecular complexity index is 748. The van der Waals surface area contributed by atoms with Gasteiger partial charge in [0.15, 0.2) is 0 Å². The van der Waals surface area contributed by atoms with Crippen LogP contribution in [0.3, 0.4) is 0 Å². The molecule has 0 radical (unpaired) electrons. The molecule has 2 aromatic rings. The van der Waals surface area contributed by atoms with E-state index in [4.69, 9.17) is 23.2 Å². The predicted molar refractivity (Wildman–Crippen MR) is 107 cm³/mol. The van der Waals surface area contributed by atoms with Crippen molar-refractivity contribution in [2.75, 3.05) is 5.32 Å². The number of urea groups is 1. The van der Waals surface area contributed by atoms with Crippen LogP contribution in [0.2, 0.25) is 10.0 Å². The molecule has 1 aromatic heterocycles. The summed E-state index contributed by atoms with van der Waals surface area (Å²) in [5.74, 6) is 0. The molecule has 138 valence electrons. The van der Waals surface area contributed by atoms with Gasteiger partial charge >= 0.3 is 6.03 Å². The highest BCUT2D eigenvalue weighted by atomic mass is 35.5. The summed E-state index contributed by atoms with van der Waals surface area (Å²) in [6, 6.07) is 10.9. The zero-order valence-electron chi connectivity index (χ0n) is 14.8. The summed E-state index contributed by atoms with van der Waals surface area (Å²) < 4.78 is 0. The highest BCUT2D eigenvalue weighted by Crippen LogP contribution is 2.31. The lowest BCUT2D eigenvalue weighted by atomic mass is 9.93. The van der Waals surface area contributed by atoms with Gasteiger partial charge in [0.2, 0.25) is 0 Å². The number of hydrogen-bond donors (Lipinski definition) is 1. The largest absolute Gasteiger partial charge is 0.322 e. The summed E-state index contributed by atoms with van der Waals surface area (Å²) in [7, 11) is 0. The van der Waals surface area contributed by atoms with Gasteiger partial charge in [-0.3, -0.25) is 4.98 Å². The van der Waals surface area contributed by atoms with Crippen LogP contribution in [0, 0.1) is 0 Å². The van der Waals surface area contributed by atoms with Crippen LogP contribution in [0.1, 0.15) is 50.8 Å². The third kappa shape index (κ3) is 4.49. The number of carbonyl (C=O) groups excluding carboxylic acids is 1. The first-order chi connectivity index (χ1) is 12.6. The maximum Gasteiger partial charge on any atom is 0.322 e. The Morgan fingerprint density at radius 2 is 1.92 bits per heavy atom. The first-order valence-electron chi connectivity index (χ1n) is 9.01. The second kappa shape index (κ2) is 8.74. The van der Waals surface area contributed by atoms with Crippen LogP contribution in [0.25, 0.3) is 0 Å². The molecule has 1 fully saturated rings. The van der Waals surface area contributed by atoms with Gasteiger partial charge < -0.3 is 10.2 Å². The van der Waals surface area contributed by atoms with Gasteiger partial charge in [-0.05, 0) is 50.1 Å². The second-order valence-electron chi connectivity index (χ2n) is 6.69. The van der Waals surface area contributed by atoms with E-state index < -0.39 is 0 Å². The number of nitrogens with zero attached hydrogens (tertiary/aromatic N) is 2.